The first-order valence-corrected chi connectivity index (χ1v) is 18.3. The van der Waals surface area contributed by atoms with Crippen molar-refractivity contribution in [2.75, 3.05) is 51.9 Å². The van der Waals surface area contributed by atoms with Gasteiger partial charge in [0.15, 0.2) is 0 Å². The van der Waals surface area contributed by atoms with Crippen molar-refractivity contribution in [2.45, 2.75) is 89.8 Å². The molecule has 4 heterocycles. The van der Waals surface area contributed by atoms with Crippen LogP contribution in [0.15, 0.2) is 49.4 Å². The summed E-state index contributed by atoms with van der Waals surface area (Å²) in [4.78, 5) is 15.9. The number of hydrogen-bond donors (Lipinski definition) is 1. The molecule has 1 aromatic carbocycles. The van der Waals surface area contributed by atoms with Crippen LogP contribution in [0.25, 0.3) is 11.1 Å². The topological polar surface area (TPSA) is 136 Å². The number of aromatic nitrogens is 7. The van der Waals surface area contributed by atoms with Crippen LogP contribution in [0.1, 0.15) is 58.9 Å². The fourth-order valence-electron chi connectivity index (χ4n) is 6.81. The summed E-state index contributed by atoms with van der Waals surface area (Å²) in [7, 11) is 1.67. The number of hydrogen-bond acceptors (Lipinski definition) is 12. The van der Waals surface area contributed by atoms with E-state index in [0.717, 1.165) is 62.0 Å². The summed E-state index contributed by atoms with van der Waals surface area (Å²) in [6, 6.07) is 6.51. The van der Waals surface area contributed by atoms with E-state index in [1.54, 1.807) is 30.5 Å². The van der Waals surface area contributed by atoms with Crippen LogP contribution in [-0.2, 0) is 20.8 Å². The SMILES string of the molecule is COCCOCCCOc1nn(C2CCC(N3C[C@@H](C)O[C@@H](C)C3)CC2)cc1Nc1ncc(-c2ccc(Cl)c(OC(C)Cn3cncn3)c2)cn1. The zero-order valence-electron chi connectivity index (χ0n) is 30.0. The van der Waals surface area contributed by atoms with E-state index < -0.39 is 0 Å². The van der Waals surface area contributed by atoms with Crippen molar-refractivity contribution < 1.29 is 23.7 Å². The molecule has 1 aliphatic carbocycles. The Morgan fingerprint density at radius 2 is 1.75 bits per heavy atom. The van der Waals surface area contributed by atoms with Gasteiger partial charge in [0.2, 0.25) is 5.95 Å². The first-order chi connectivity index (χ1) is 24.8. The van der Waals surface area contributed by atoms with Gasteiger partial charge < -0.3 is 29.0 Å². The molecule has 0 radical (unpaired) electrons. The highest BCUT2D eigenvalue weighted by molar-refractivity contribution is 6.32. The molecule has 1 unspecified atom stereocenters. The van der Waals surface area contributed by atoms with Gasteiger partial charge in [0, 0.05) is 57.2 Å². The third-order valence-electron chi connectivity index (χ3n) is 9.21. The molecule has 14 nitrogen and oxygen atoms in total. The van der Waals surface area contributed by atoms with Crippen molar-refractivity contribution in [3.63, 3.8) is 0 Å². The Balaban J connectivity index is 1.10. The van der Waals surface area contributed by atoms with Crippen LogP contribution in [0.5, 0.6) is 11.6 Å². The maximum atomic E-state index is 6.49. The lowest BCUT2D eigenvalue weighted by molar-refractivity contribution is -0.0852. The van der Waals surface area contributed by atoms with E-state index in [0.29, 0.717) is 61.6 Å². The zero-order valence-corrected chi connectivity index (χ0v) is 30.7. The number of anilines is 2. The molecule has 3 atom stereocenters. The number of halogens is 1. The molecule has 2 aliphatic rings. The molecule has 0 bridgehead atoms. The summed E-state index contributed by atoms with van der Waals surface area (Å²) < 4.78 is 32.8. The summed E-state index contributed by atoms with van der Waals surface area (Å²) in [6.07, 6.45) is 14.2. The Labute approximate surface area is 304 Å². The minimum atomic E-state index is -0.171. The number of benzene rings is 1. The number of ether oxygens (including phenoxy) is 5. The minimum Gasteiger partial charge on any atom is -0.487 e. The van der Waals surface area contributed by atoms with Crippen molar-refractivity contribution >= 4 is 23.2 Å². The van der Waals surface area contributed by atoms with Crippen LogP contribution in [0, 0.1) is 0 Å². The molecule has 4 aromatic rings. The Kier molecular flexibility index (Phi) is 13.1. The Bertz CT molecular complexity index is 1620. The van der Waals surface area contributed by atoms with Gasteiger partial charge in [-0.05, 0) is 64.2 Å². The van der Waals surface area contributed by atoms with Gasteiger partial charge in [-0.3, -0.25) is 9.58 Å². The standard InChI is InChI=1S/C36H50ClN9O5/c1-25-19-44(20-26(2)50-25)30-7-9-31(10-8-30)46-22-33(35(43-46)49-13-5-12-48-15-14-47-4)42-36-39-17-29(18-40-36)28-6-11-32(37)34(16-28)51-27(3)21-45-24-38-23-41-45/h6,11,16-18,22-27,30-31H,5,7-10,12-15,19-21H2,1-4H3,(H,39,40,42)/t25-,26+,27?,30?,31?. The van der Waals surface area contributed by atoms with Gasteiger partial charge in [0.25, 0.3) is 5.88 Å². The summed E-state index contributed by atoms with van der Waals surface area (Å²) >= 11 is 6.49. The van der Waals surface area contributed by atoms with Gasteiger partial charge in [-0.25, -0.2) is 19.6 Å². The summed E-state index contributed by atoms with van der Waals surface area (Å²) in [5.41, 5.74) is 2.44. The fourth-order valence-corrected chi connectivity index (χ4v) is 6.97. The minimum absolute atomic E-state index is 0.171. The quantitative estimate of drug-likeness (QED) is 0.132. The van der Waals surface area contributed by atoms with Crippen LogP contribution < -0.4 is 14.8 Å². The van der Waals surface area contributed by atoms with Crippen LogP contribution in [0.3, 0.4) is 0 Å². The normalized spacial score (nSPS) is 21.7. The lowest BCUT2D eigenvalue weighted by Gasteiger charge is -2.42. The molecular weight excluding hydrogens is 674 g/mol. The zero-order chi connectivity index (χ0) is 35.6. The molecule has 0 spiro atoms. The van der Waals surface area contributed by atoms with Gasteiger partial charge in [-0.2, -0.15) is 5.10 Å². The van der Waals surface area contributed by atoms with E-state index >= 15 is 0 Å². The van der Waals surface area contributed by atoms with Gasteiger partial charge >= 0.3 is 0 Å². The molecule has 1 aliphatic heterocycles. The average Bonchev–Trinajstić information content (AvgIpc) is 3.79. The largest absolute Gasteiger partial charge is 0.487 e. The summed E-state index contributed by atoms with van der Waals surface area (Å²) in [5, 5.41) is 12.9. The second-order valence-electron chi connectivity index (χ2n) is 13.4. The highest BCUT2D eigenvalue weighted by Crippen LogP contribution is 2.36. The predicted molar refractivity (Wildman–Crippen MR) is 194 cm³/mol. The van der Waals surface area contributed by atoms with Crippen molar-refractivity contribution in [3.8, 4) is 22.8 Å². The third kappa shape index (κ3) is 10.4. The molecule has 1 saturated heterocycles. The van der Waals surface area contributed by atoms with E-state index in [1.165, 1.54) is 6.33 Å². The molecule has 6 rings (SSSR count). The van der Waals surface area contributed by atoms with Crippen LogP contribution in [0.4, 0.5) is 11.6 Å². The van der Waals surface area contributed by atoms with Crippen LogP contribution >= 0.6 is 11.6 Å². The number of nitrogens with one attached hydrogen (secondary N) is 1. The first-order valence-electron chi connectivity index (χ1n) is 17.9. The molecular formula is C36H50ClN9O5. The number of rotatable bonds is 17. The molecule has 2 fully saturated rings. The fraction of sp³-hybridized carbons (Fsp3) is 0.583. The molecule has 276 valence electrons. The maximum absolute atomic E-state index is 6.49. The van der Waals surface area contributed by atoms with Crippen LogP contribution in [-0.4, -0.2) is 110 Å². The van der Waals surface area contributed by atoms with E-state index in [9.17, 15) is 0 Å². The maximum Gasteiger partial charge on any atom is 0.256 e. The molecule has 1 N–H and O–H groups in total. The highest BCUT2D eigenvalue weighted by atomic mass is 35.5. The Morgan fingerprint density at radius 1 is 0.980 bits per heavy atom. The number of nitrogens with zero attached hydrogens (tertiary/aromatic N) is 8. The Hall–Kier alpha value is -3.82. The van der Waals surface area contributed by atoms with Crippen molar-refractivity contribution in [3.05, 3.63) is 54.5 Å². The van der Waals surface area contributed by atoms with Crippen LogP contribution in [0.2, 0.25) is 5.02 Å². The molecule has 0 amide bonds. The van der Waals surface area contributed by atoms with Crippen molar-refractivity contribution in [1.82, 2.24) is 39.4 Å². The van der Waals surface area contributed by atoms with E-state index in [2.05, 4.69) is 48.8 Å². The predicted octanol–water partition coefficient (Wildman–Crippen LogP) is 5.82. The Morgan fingerprint density at radius 3 is 2.47 bits per heavy atom. The van der Waals surface area contributed by atoms with Gasteiger partial charge in [-0.1, -0.05) is 17.7 Å². The van der Waals surface area contributed by atoms with E-state index in [1.807, 2.05) is 31.3 Å². The number of morpholine rings is 1. The third-order valence-corrected chi connectivity index (χ3v) is 9.52. The van der Waals surface area contributed by atoms with Gasteiger partial charge in [0.1, 0.15) is 30.2 Å². The second kappa shape index (κ2) is 18.1. The first kappa shape index (κ1) is 37.0. The van der Waals surface area contributed by atoms with Gasteiger partial charge in [-0.15, -0.1) is 5.10 Å². The smallest absolute Gasteiger partial charge is 0.256 e. The summed E-state index contributed by atoms with van der Waals surface area (Å²) in [5.74, 6) is 1.54. The molecule has 15 heteroatoms. The molecule has 3 aromatic heterocycles. The lowest BCUT2D eigenvalue weighted by atomic mass is 9.89. The second-order valence-corrected chi connectivity index (χ2v) is 13.8. The monoisotopic (exact) mass is 723 g/mol. The number of methoxy groups -OCH3 is 1. The van der Waals surface area contributed by atoms with Crippen molar-refractivity contribution in [2.24, 2.45) is 0 Å². The lowest BCUT2D eigenvalue weighted by Crippen LogP contribution is -2.51. The average molecular weight is 724 g/mol. The van der Waals surface area contributed by atoms with Crippen molar-refractivity contribution in [1.29, 1.82) is 0 Å². The molecule has 51 heavy (non-hydrogen) atoms. The summed E-state index contributed by atoms with van der Waals surface area (Å²) in [6.45, 7) is 11.0. The van der Waals surface area contributed by atoms with E-state index in [-0.39, 0.29) is 24.4 Å². The highest BCUT2D eigenvalue weighted by Gasteiger charge is 2.32. The van der Waals surface area contributed by atoms with E-state index in [4.69, 9.17) is 40.4 Å². The van der Waals surface area contributed by atoms with Gasteiger partial charge in [0.05, 0.1) is 55.8 Å². The molecule has 1 saturated carbocycles.